The van der Waals surface area contributed by atoms with Crippen LogP contribution in [0, 0.1) is 0 Å². The van der Waals surface area contributed by atoms with E-state index in [0.29, 0.717) is 13.0 Å². The summed E-state index contributed by atoms with van der Waals surface area (Å²) in [5.41, 5.74) is 0. The molecule has 23 heavy (non-hydrogen) atoms. The summed E-state index contributed by atoms with van der Waals surface area (Å²) in [6.07, 6.45) is 7.12. The van der Waals surface area contributed by atoms with Gasteiger partial charge in [-0.15, -0.1) is 0 Å². The molecule has 126 valence electrons. The maximum Gasteiger partial charge on any atom is 0.286 e. The van der Waals surface area contributed by atoms with Crippen molar-refractivity contribution < 1.29 is 14.0 Å². The number of nitrogens with one attached hydrogen (secondary N) is 1. The van der Waals surface area contributed by atoms with Crippen molar-refractivity contribution in [3.63, 3.8) is 0 Å². The van der Waals surface area contributed by atoms with Crippen LogP contribution in [0.4, 0.5) is 0 Å². The quantitative estimate of drug-likeness (QED) is 0.893. The van der Waals surface area contributed by atoms with Crippen molar-refractivity contribution in [3.05, 3.63) is 24.2 Å². The zero-order chi connectivity index (χ0) is 16.1. The Bertz CT molecular complexity index is 515. The molecule has 0 spiro atoms. The first-order valence-electron chi connectivity index (χ1n) is 8.57. The van der Waals surface area contributed by atoms with Gasteiger partial charge >= 0.3 is 0 Å². The fraction of sp³-hybridized carbons (Fsp3) is 0.647. The second kappa shape index (κ2) is 7.64. The standard InChI is InChI=1S/C17H25N3O3/c21-16(7-8-18-17(22)15-6-3-13-23-15)20-11-9-19(10-12-20)14-4-1-2-5-14/h3,6,13-14H,1-2,4-5,7-12H2,(H,18,22). The lowest BCUT2D eigenvalue weighted by atomic mass is 10.1. The minimum absolute atomic E-state index is 0.121. The van der Waals surface area contributed by atoms with Crippen molar-refractivity contribution in [1.29, 1.82) is 0 Å². The summed E-state index contributed by atoms with van der Waals surface area (Å²) in [6, 6.07) is 4.02. The highest BCUT2D eigenvalue weighted by molar-refractivity contribution is 5.91. The number of hydrogen-bond donors (Lipinski definition) is 1. The number of hydrogen-bond acceptors (Lipinski definition) is 4. The molecule has 6 heteroatoms. The van der Waals surface area contributed by atoms with E-state index in [0.717, 1.165) is 32.2 Å². The zero-order valence-corrected chi connectivity index (χ0v) is 13.5. The Morgan fingerprint density at radius 3 is 2.57 bits per heavy atom. The van der Waals surface area contributed by atoms with Gasteiger partial charge in [-0.3, -0.25) is 14.5 Å². The van der Waals surface area contributed by atoms with Crippen LogP contribution in [0.1, 0.15) is 42.7 Å². The van der Waals surface area contributed by atoms with Gasteiger partial charge in [-0.2, -0.15) is 0 Å². The number of carbonyl (C=O) groups is 2. The van der Waals surface area contributed by atoms with Crippen molar-refractivity contribution >= 4 is 11.8 Å². The van der Waals surface area contributed by atoms with E-state index in [9.17, 15) is 9.59 Å². The van der Waals surface area contributed by atoms with Gasteiger partial charge in [-0.05, 0) is 25.0 Å². The fourth-order valence-corrected chi connectivity index (χ4v) is 3.54. The number of carbonyl (C=O) groups excluding carboxylic acids is 2. The van der Waals surface area contributed by atoms with Crippen molar-refractivity contribution in [1.82, 2.24) is 15.1 Å². The SMILES string of the molecule is O=C(NCCC(=O)N1CCN(C2CCCC2)CC1)c1ccco1. The van der Waals surface area contributed by atoms with Crippen LogP contribution in [-0.2, 0) is 4.79 Å². The van der Waals surface area contributed by atoms with Crippen LogP contribution in [0.25, 0.3) is 0 Å². The average molecular weight is 319 g/mol. The largest absolute Gasteiger partial charge is 0.459 e. The van der Waals surface area contributed by atoms with Crippen LogP contribution in [0.2, 0.25) is 0 Å². The van der Waals surface area contributed by atoms with E-state index in [4.69, 9.17) is 4.42 Å². The molecule has 2 aliphatic rings. The number of rotatable bonds is 5. The van der Waals surface area contributed by atoms with Gasteiger partial charge in [-0.25, -0.2) is 0 Å². The first kappa shape index (κ1) is 16.1. The van der Waals surface area contributed by atoms with E-state index in [2.05, 4.69) is 10.2 Å². The highest BCUT2D eigenvalue weighted by atomic mass is 16.3. The van der Waals surface area contributed by atoms with E-state index in [-0.39, 0.29) is 17.6 Å². The smallest absolute Gasteiger partial charge is 0.286 e. The molecule has 1 aliphatic heterocycles. The molecule has 2 heterocycles. The van der Waals surface area contributed by atoms with Gasteiger partial charge in [0.2, 0.25) is 5.91 Å². The number of furan rings is 1. The molecule has 0 radical (unpaired) electrons. The van der Waals surface area contributed by atoms with Crippen LogP contribution in [0.15, 0.2) is 22.8 Å². The normalized spacial score (nSPS) is 19.9. The lowest BCUT2D eigenvalue weighted by Crippen LogP contribution is -2.51. The molecule has 3 rings (SSSR count). The van der Waals surface area contributed by atoms with Gasteiger partial charge in [-0.1, -0.05) is 12.8 Å². The minimum Gasteiger partial charge on any atom is -0.459 e. The van der Waals surface area contributed by atoms with Crippen LogP contribution < -0.4 is 5.32 Å². The molecule has 1 aromatic heterocycles. The molecule has 1 saturated heterocycles. The summed E-state index contributed by atoms with van der Waals surface area (Å²) in [5, 5.41) is 2.72. The van der Waals surface area contributed by atoms with Crippen molar-refractivity contribution in [2.24, 2.45) is 0 Å². The predicted octanol–water partition coefficient (Wildman–Crippen LogP) is 1.49. The molecule has 0 atom stereocenters. The summed E-state index contributed by atoms with van der Waals surface area (Å²) in [7, 11) is 0. The maximum absolute atomic E-state index is 12.2. The Kier molecular flexibility index (Phi) is 5.33. The fourth-order valence-electron chi connectivity index (χ4n) is 3.54. The number of nitrogens with zero attached hydrogens (tertiary/aromatic N) is 2. The third-order valence-electron chi connectivity index (χ3n) is 4.88. The van der Waals surface area contributed by atoms with E-state index < -0.39 is 0 Å². The highest BCUT2D eigenvalue weighted by Crippen LogP contribution is 2.24. The van der Waals surface area contributed by atoms with E-state index >= 15 is 0 Å². The van der Waals surface area contributed by atoms with Crippen molar-refractivity contribution in [2.45, 2.75) is 38.1 Å². The molecule has 1 N–H and O–H groups in total. The molecule has 1 aliphatic carbocycles. The summed E-state index contributed by atoms with van der Waals surface area (Å²) >= 11 is 0. The molecule has 1 saturated carbocycles. The average Bonchev–Trinajstić information content (AvgIpc) is 3.28. The lowest BCUT2D eigenvalue weighted by Gasteiger charge is -2.38. The Morgan fingerprint density at radius 1 is 1.17 bits per heavy atom. The van der Waals surface area contributed by atoms with Crippen molar-refractivity contribution in [3.8, 4) is 0 Å². The van der Waals surface area contributed by atoms with Crippen LogP contribution in [0.5, 0.6) is 0 Å². The third-order valence-corrected chi connectivity index (χ3v) is 4.88. The Morgan fingerprint density at radius 2 is 1.91 bits per heavy atom. The first-order valence-corrected chi connectivity index (χ1v) is 8.57. The first-order chi connectivity index (χ1) is 11.2. The van der Waals surface area contributed by atoms with Crippen molar-refractivity contribution in [2.75, 3.05) is 32.7 Å². The third kappa shape index (κ3) is 4.13. The van der Waals surface area contributed by atoms with Gasteiger partial charge in [0, 0.05) is 45.2 Å². The number of amides is 2. The Balaban J connectivity index is 1.35. The second-order valence-corrected chi connectivity index (χ2v) is 6.34. The summed E-state index contributed by atoms with van der Waals surface area (Å²) in [5.74, 6) is 0.132. The van der Waals surface area contributed by atoms with Gasteiger partial charge in [0.1, 0.15) is 0 Å². The molecule has 0 bridgehead atoms. The molecular weight excluding hydrogens is 294 g/mol. The van der Waals surface area contributed by atoms with Crippen LogP contribution in [0.3, 0.4) is 0 Å². The van der Waals surface area contributed by atoms with E-state index in [1.165, 1.54) is 31.9 Å². The molecule has 2 fully saturated rings. The highest BCUT2D eigenvalue weighted by Gasteiger charge is 2.27. The van der Waals surface area contributed by atoms with Gasteiger partial charge in [0.05, 0.1) is 6.26 Å². The van der Waals surface area contributed by atoms with Gasteiger partial charge in [0.25, 0.3) is 5.91 Å². The number of piperazine rings is 1. The van der Waals surface area contributed by atoms with Crippen LogP contribution >= 0.6 is 0 Å². The van der Waals surface area contributed by atoms with Gasteiger partial charge < -0.3 is 14.6 Å². The second-order valence-electron chi connectivity index (χ2n) is 6.34. The molecule has 0 aromatic carbocycles. The molecule has 6 nitrogen and oxygen atoms in total. The summed E-state index contributed by atoms with van der Waals surface area (Å²) in [6.45, 7) is 3.93. The summed E-state index contributed by atoms with van der Waals surface area (Å²) in [4.78, 5) is 28.4. The lowest BCUT2D eigenvalue weighted by molar-refractivity contribution is -0.133. The Labute approximate surface area is 136 Å². The summed E-state index contributed by atoms with van der Waals surface area (Å²) < 4.78 is 5.02. The molecule has 1 aromatic rings. The molecular formula is C17H25N3O3. The maximum atomic E-state index is 12.2. The van der Waals surface area contributed by atoms with Gasteiger partial charge in [0.15, 0.2) is 5.76 Å². The monoisotopic (exact) mass is 319 g/mol. The van der Waals surface area contributed by atoms with Crippen LogP contribution in [-0.4, -0.2) is 60.4 Å². The molecule has 2 amide bonds. The van der Waals surface area contributed by atoms with E-state index in [1.807, 2.05) is 4.90 Å². The van der Waals surface area contributed by atoms with E-state index in [1.54, 1.807) is 12.1 Å². The Hall–Kier alpha value is -1.82. The minimum atomic E-state index is -0.270. The predicted molar refractivity (Wildman–Crippen MR) is 86.1 cm³/mol. The molecule has 0 unspecified atom stereocenters. The topological polar surface area (TPSA) is 65.8 Å². The zero-order valence-electron chi connectivity index (χ0n) is 13.5.